The van der Waals surface area contributed by atoms with Gasteiger partial charge < -0.3 is 9.84 Å². The van der Waals surface area contributed by atoms with Crippen molar-refractivity contribution in [3.63, 3.8) is 0 Å². The van der Waals surface area contributed by atoms with E-state index >= 15 is 0 Å². The number of aliphatic hydroxyl groups is 1. The van der Waals surface area contributed by atoms with Crippen LogP contribution in [0.15, 0.2) is 17.8 Å². The Balaban J connectivity index is 2.13. The lowest BCUT2D eigenvalue weighted by atomic mass is 9.87. The van der Waals surface area contributed by atoms with E-state index in [-0.39, 0.29) is 0 Å². The zero-order chi connectivity index (χ0) is 13.9. The van der Waals surface area contributed by atoms with E-state index in [1.54, 1.807) is 11.3 Å². The van der Waals surface area contributed by atoms with Crippen molar-refractivity contribution >= 4 is 16.3 Å². The number of hydrogen-bond acceptors (Lipinski definition) is 4. The Hall–Kier alpha value is -0.910. The SMILES string of the molecule is CCOC(CC)(CC)C(O)Cc1cn2ccsc2n1. The van der Waals surface area contributed by atoms with Gasteiger partial charge in [0.05, 0.1) is 17.4 Å². The van der Waals surface area contributed by atoms with Crippen molar-refractivity contribution in [1.82, 2.24) is 9.38 Å². The highest BCUT2D eigenvalue weighted by Gasteiger charge is 2.35. The first-order valence-corrected chi connectivity index (χ1v) is 7.76. The van der Waals surface area contributed by atoms with Crippen molar-refractivity contribution in [2.24, 2.45) is 0 Å². The molecule has 0 saturated heterocycles. The van der Waals surface area contributed by atoms with E-state index in [4.69, 9.17) is 4.74 Å². The van der Waals surface area contributed by atoms with Crippen LogP contribution in [0.25, 0.3) is 4.96 Å². The third-order valence-corrected chi connectivity index (χ3v) is 4.55. The van der Waals surface area contributed by atoms with Crippen molar-refractivity contribution in [2.45, 2.75) is 51.7 Å². The lowest BCUT2D eigenvalue weighted by Gasteiger charge is -2.36. The maximum Gasteiger partial charge on any atom is 0.193 e. The van der Waals surface area contributed by atoms with Crippen molar-refractivity contribution in [1.29, 1.82) is 0 Å². The van der Waals surface area contributed by atoms with Gasteiger partial charge in [-0.25, -0.2) is 4.98 Å². The number of imidazole rings is 1. The first-order chi connectivity index (χ1) is 9.15. The molecule has 2 rings (SSSR count). The molecular formula is C14H22N2O2S. The Morgan fingerprint density at radius 1 is 1.42 bits per heavy atom. The van der Waals surface area contributed by atoms with E-state index in [0.717, 1.165) is 23.5 Å². The molecule has 0 fully saturated rings. The second-order valence-electron chi connectivity index (χ2n) is 4.75. The van der Waals surface area contributed by atoms with E-state index < -0.39 is 11.7 Å². The summed E-state index contributed by atoms with van der Waals surface area (Å²) >= 11 is 1.60. The van der Waals surface area contributed by atoms with Gasteiger partial charge >= 0.3 is 0 Å². The third-order valence-electron chi connectivity index (χ3n) is 3.78. The third kappa shape index (κ3) is 2.83. The van der Waals surface area contributed by atoms with Gasteiger partial charge in [0.2, 0.25) is 0 Å². The van der Waals surface area contributed by atoms with Gasteiger partial charge in [0, 0.05) is 30.8 Å². The average molecular weight is 282 g/mol. The minimum Gasteiger partial charge on any atom is -0.390 e. The van der Waals surface area contributed by atoms with Gasteiger partial charge in [0.1, 0.15) is 0 Å². The number of aromatic nitrogens is 2. The molecule has 0 amide bonds. The zero-order valence-corrected chi connectivity index (χ0v) is 12.6. The van der Waals surface area contributed by atoms with E-state index in [9.17, 15) is 5.11 Å². The van der Waals surface area contributed by atoms with Crippen LogP contribution in [-0.2, 0) is 11.2 Å². The van der Waals surface area contributed by atoms with E-state index in [1.807, 2.05) is 29.1 Å². The molecule has 0 saturated carbocycles. The highest BCUT2D eigenvalue weighted by Crippen LogP contribution is 2.27. The second-order valence-corrected chi connectivity index (χ2v) is 5.62. The van der Waals surface area contributed by atoms with Crippen LogP contribution < -0.4 is 0 Å². The lowest BCUT2D eigenvalue weighted by molar-refractivity contribution is -0.124. The fraction of sp³-hybridized carbons (Fsp3) is 0.643. The number of rotatable bonds is 7. The first kappa shape index (κ1) is 14.5. The van der Waals surface area contributed by atoms with Crippen molar-refractivity contribution in [3.8, 4) is 0 Å². The van der Waals surface area contributed by atoms with Gasteiger partial charge in [-0.1, -0.05) is 13.8 Å². The molecule has 1 unspecified atom stereocenters. The molecule has 0 aliphatic rings. The van der Waals surface area contributed by atoms with Crippen LogP contribution in [0.4, 0.5) is 0 Å². The summed E-state index contributed by atoms with van der Waals surface area (Å²) in [7, 11) is 0. The number of hydrogen-bond donors (Lipinski definition) is 1. The molecule has 0 aliphatic heterocycles. The summed E-state index contributed by atoms with van der Waals surface area (Å²) in [4.78, 5) is 5.49. The zero-order valence-electron chi connectivity index (χ0n) is 11.8. The van der Waals surface area contributed by atoms with Crippen molar-refractivity contribution in [3.05, 3.63) is 23.5 Å². The predicted octanol–water partition coefficient (Wildman–Crippen LogP) is 2.89. The van der Waals surface area contributed by atoms with Crippen LogP contribution in [0.5, 0.6) is 0 Å². The van der Waals surface area contributed by atoms with Gasteiger partial charge in [0.15, 0.2) is 4.96 Å². The molecule has 2 heterocycles. The summed E-state index contributed by atoms with van der Waals surface area (Å²) in [5.74, 6) is 0. The summed E-state index contributed by atoms with van der Waals surface area (Å²) in [5, 5.41) is 12.5. The highest BCUT2D eigenvalue weighted by atomic mass is 32.1. The van der Waals surface area contributed by atoms with Crippen LogP contribution in [0, 0.1) is 0 Å². The number of nitrogens with zero attached hydrogens (tertiary/aromatic N) is 2. The Morgan fingerprint density at radius 2 is 2.16 bits per heavy atom. The summed E-state index contributed by atoms with van der Waals surface area (Å²) in [6.45, 7) is 6.72. The van der Waals surface area contributed by atoms with Crippen LogP contribution >= 0.6 is 11.3 Å². The molecule has 19 heavy (non-hydrogen) atoms. The molecule has 5 heteroatoms. The molecule has 106 valence electrons. The second kappa shape index (κ2) is 6.03. The van der Waals surface area contributed by atoms with Crippen molar-refractivity contribution in [2.75, 3.05) is 6.61 Å². The van der Waals surface area contributed by atoms with Crippen molar-refractivity contribution < 1.29 is 9.84 Å². The van der Waals surface area contributed by atoms with Gasteiger partial charge in [0.25, 0.3) is 0 Å². The maximum atomic E-state index is 10.5. The monoisotopic (exact) mass is 282 g/mol. The fourth-order valence-corrected chi connectivity index (χ4v) is 3.29. The minimum atomic E-state index is -0.521. The quantitative estimate of drug-likeness (QED) is 0.849. The molecule has 0 aliphatic carbocycles. The molecule has 2 aromatic heterocycles. The molecule has 0 bridgehead atoms. The topological polar surface area (TPSA) is 46.8 Å². The molecular weight excluding hydrogens is 260 g/mol. The number of ether oxygens (including phenoxy) is 1. The Kier molecular flexibility index (Phi) is 4.60. The van der Waals surface area contributed by atoms with Crippen LogP contribution in [-0.4, -0.2) is 32.8 Å². The van der Waals surface area contributed by atoms with Crippen LogP contribution in [0.3, 0.4) is 0 Å². The molecule has 0 radical (unpaired) electrons. The Labute approximate surface area is 118 Å². The highest BCUT2D eigenvalue weighted by molar-refractivity contribution is 7.15. The summed E-state index contributed by atoms with van der Waals surface area (Å²) < 4.78 is 7.83. The predicted molar refractivity (Wildman–Crippen MR) is 77.7 cm³/mol. The summed E-state index contributed by atoms with van der Waals surface area (Å²) in [5.41, 5.74) is 0.469. The Morgan fingerprint density at radius 3 is 2.74 bits per heavy atom. The van der Waals surface area contributed by atoms with E-state index in [2.05, 4.69) is 18.8 Å². The van der Waals surface area contributed by atoms with Crippen LogP contribution in [0.2, 0.25) is 0 Å². The Bertz CT molecular complexity index is 488. The average Bonchev–Trinajstić information content (AvgIpc) is 2.96. The smallest absolute Gasteiger partial charge is 0.193 e. The number of thiazole rings is 1. The molecule has 1 atom stereocenters. The molecule has 1 N–H and O–H groups in total. The van der Waals surface area contributed by atoms with Gasteiger partial charge in [-0.2, -0.15) is 0 Å². The van der Waals surface area contributed by atoms with E-state index in [1.165, 1.54) is 0 Å². The fourth-order valence-electron chi connectivity index (χ4n) is 2.57. The molecule has 0 aromatic carbocycles. The number of aliphatic hydroxyl groups excluding tert-OH is 1. The first-order valence-electron chi connectivity index (χ1n) is 6.88. The standard InChI is InChI=1S/C14H22N2O2S/c1-4-14(5-2,18-6-3)12(17)9-11-10-16-7-8-19-13(16)15-11/h7-8,10,12,17H,4-6,9H2,1-3H3. The molecule has 2 aromatic rings. The largest absolute Gasteiger partial charge is 0.390 e. The van der Waals surface area contributed by atoms with Gasteiger partial charge in [-0.3, -0.25) is 4.40 Å². The normalized spacial score (nSPS) is 14.1. The van der Waals surface area contributed by atoms with Gasteiger partial charge in [-0.05, 0) is 19.8 Å². The van der Waals surface area contributed by atoms with Gasteiger partial charge in [-0.15, -0.1) is 11.3 Å². The lowest BCUT2D eigenvalue weighted by Crippen LogP contribution is -2.45. The molecule has 4 nitrogen and oxygen atoms in total. The maximum absolute atomic E-state index is 10.5. The summed E-state index contributed by atoms with van der Waals surface area (Å²) in [6, 6.07) is 0. The van der Waals surface area contributed by atoms with Crippen LogP contribution in [0.1, 0.15) is 39.3 Å². The summed E-state index contributed by atoms with van der Waals surface area (Å²) in [6.07, 6.45) is 5.60. The molecule has 0 spiro atoms. The van der Waals surface area contributed by atoms with E-state index in [0.29, 0.717) is 13.0 Å². The number of fused-ring (bicyclic) bond motifs is 1. The minimum absolute atomic E-state index is 0.453.